The third-order valence-corrected chi connectivity index (χ3v) is 17.0. The molecule has 0 saturated carbocycles. The molecule has 470 valence electrons. The maximum absolute atomic E-state index is 13.2. The van der Waals surface area contributed by atoms with Gasteiger partial charge in [0, 0.05) is 6.42 Å². The van der Waals surface area contributed by atoms with Crippen LogP contribution in [0.25, 0.3) is 0 Å². The second kappa shape index (κ2) is 56.0. The first-order valence-corrected chi connectivity index (χ1v) is 35.4. The molecule has 79 heavy (non-hydrogen) atoms. The Hall–Kier alpha value is -1.16. The van der Waals surface area contributed by atoms with E-state index in [-0.39, 0.29) is 12.5 Å². The van der Waals surface area contributed by atoms with Crippen molar-refractivity contribution in [1.29, 1.82) is 0 Å². The monoisotopic (exact) mass is 1140 g/mol. The molecule has 7 atom stereocenters. The predicted octanol–water partition coefficient (Wildman–Crippen LogP) is 17.4. The van der Waals surface area contributed by atoms with E-state index in [2.05, 4.69) is 35.5 Å². The summed E-state index contributed by atoms with van der Waals surface area (Å²) >= 11 is 0. The lowest BCUT2D eigenvalue weighted by atomic mass is 9.99. The van der Waals surface area contributed by atoms with Crippen molar-refractivity contribution in [3.05, 3.63) is 12.2 Å². The fraction of sp³-hybridized carbons (Fsp3) is 0.955. The summed E-state index contributed by atoms with van der Waals surface area (Å²) in [5, 5.41) is 45.3. The highest BCUT2D eigenvalue weighted by atomic mass is 32.3. The average molecular weight is 1140 g/mol. The summed E-state index contributed by atoms with van der Waals surface area (Å²) in [6, 6.07) is -0.856. The molecule has 1 amide bonds. The Morgan fingerprint density at radius 2 is 0.810 bits per heavy atom. The Kier molecular flexibility index (Phi) is 53.8. The minimum atomic E-state index is -5.08. The third-order valence-electron chi connectivity index (χ3n) is 16.6. The number of unbranched alkanes of at least 4 members (excludes halogenated alkanes) is 47. The minimum absolute atomic E-state index is 0.222. The minimum Gasteiger partial charge on any atom is -0.394 e. The number of allylic oxidation sites excluding steroid dienone is 2. The van der Waals surface area contributed by atoms with E-state index < -0.39 is 59.9 Å². The van der Waals surface area contributed by atoms with Crippen LogP contribution in [-0.4, -0.2) is 95.4 Å². The van der Waals surface area contributed by atoms with E-state index in [1.54, 1.807) is 0 Å². The Balaban J connectivity index is 2.21. The highest BCUT2D eigenvalue weighted by Gasteiger charge is 2.48. The average Bonchev–Trinajstić information content (AvgIpc) is 3.45. The van der Waals surface area contributed by atoms with Gasteiger partial charge in [-0.05, 0) is 38.5 Å². The van der Waals surface area contributed by atoms with Gasteiger partial charge < -0.3 is 35.2 Å². The van der Waals surface area contributed by atoms with Gasteiger partial charge in [-0.2, -0.15) is 8.42 Å². The van der Waals surface area contributed by atoms with E-state index in [4.69, 9.17) is 9.47 Å². The second-order valence-electron chi connectivity index (χ2n) is 24.1. The summed E-state index contributed by atoms with van der Waals surface area (Å²) in [6.07, 6.45) is 61.0. The van der Waals surface area contributed by atoms with Gasteiger partial charge in [-0.25, -0.2) is 4.18 Å². The number of ether oxygens (including phenoxy) is 2. The fourth-order valence-electron chi connectivity index (χ4n) is 11.3. The van der Waals surface area contributed by atoms with Crippen molar-refractivity contribution in [2.75, 3.05) is 13.2 Å². The first kappa shape index (κ1) is 75.9. The summed E-state index contributed by atoms with van der Waals surface area (Å²) in [5.41, 5.74) is 0. The Bertz CT molecular complexity index is 1440. The predicted molar refractivity (Wildman–Crippen MR) is 329 cm³/mol. The quantitative estimate of drug-likeness (QED) is 0.0193. The van der Waals surface area contributed by atoms with Crippen LogP contribution in [0.3, 0.4) is 0 Å². The molecule has 0 aromatic carbocycles. The van der Waals surface area contributed by atoms with Gasteiger partial charge in [-0.3, -0.25) is 9.35 Å². The van der Waals surface area contributed by atoms with Crippen LogP contribution in [0.4, 0.5) is 0 Å². The van der Waals surface area contributed by atoms with E-state index in [0.717, 1.165) is 51.4 Å². The first-order chi connectivity index (χ1) is 38.5. The number of aliphatic hydroxyl groups excluding tert-OH is 4. The number of nitrogens with one attached hydrogen (secondary N) is 1. The molecule has 0 aromatic heterocycles. The van der Waals surface area contributed by atoms with Crippen LogP contribution < -0.4 is 5.32 Å². The van der Waals surface area contributed by atoms with Gasteiger partial charge in [0.2, 0.25) is 5.91 Å². The molecule has 1 aliphatic heterocycles. The van der Waals surface area contributed by atoms with Crippen molar-refractivity contribution in [2.45, 2.75) is 391 Å². The van der Waals surface area contributed by atoms with Crippen LogP contribution in [0.5, 0.6) is 0 Å². The lowest BCUT2D eigenvalue weighted by Gasteiger charge is -2.41. The Morgan fingerprint density at radius 1 is 0.494 bits per heavy atom. The topological polar surface area (TPSA) is 192 Å². The summed E-state index contributed by atoms with van der Waals surface area (Å²) < 4.78 is 48.1. The largest absolute Gasteiger partial charge is 0.397 e. The van der Waals surface area contributed by atoms with Crippen LogP contribution >= 0.6 is 0 Å². The molecular weight excluding hydrogens is 1010 g/mol. The summed E-state index contributed by atoms with van der Waals surface area (Å²) in [5.74, 6) is -0.222. The molecule has 12 nitrogen and oxygen atoms in total. The standard InChI is InChI=1S/C66H129NO11S/c1-3-5-7-9-11-13-15-17-19-21-23-24-25-26-27-28-29-30-31-32-33-34-35-36-38-40-42-44-46-48-50-52-54-56-62(70)67-59(58-76-66-64(72)65(78-79(73,74)75)63(71)61(57-68)77-66)60(69)55-53-51-49-47-45-43-41-39-37-22-20-18-16-14-12-10-8-6-4-2/h26-27,59-61,63-66,68-69,71-72H,3-25,28-58H2,1-2H3,(H,67,70)(H,73,74,75)/b27-26-. The van der Waals surface area contributed by atoms with E-state index in [0.29, 0.717) is 12.8 Å². The van der Waals surface area contributed by atoms with Crippen molar-refractivity contribution < 1.29 is 51.8 Å². The van der Waals surface area contributed by atoms with Crippen LogP contribution in [0.2, 0.25) is 0 Å². The number of rotatable bonds is 61. The number of amides is 1. The van der Waals surface area contributed by atoms with Gasteiger partial charge in [0.05, 0.1) is 25.4 Å². The second-order valence-corrected chi connectivity index (χ2v) is 25.2. The fourth-order valence-corrected chi connectivity index (χ4v) is 11.9. The van der Waals surface area contributed by atoms with E-state index in [1.807, 2.05) is 0 Å². The Morgan fingerprint density at radius 3 is 1.14 bits per heavy atom. The van der Waals surface area contributed by atoms with E-state index in [9.17, 15) is 38.2 Å². The molecule has 0 bridgehead atoms. The number of carbonyl (C=O) groups excluding carboxylic acids is 1. The lowest BCUT2D eigenvalue weighted by molar-refractivity contribution is -0.298. The summed E-state index contributed by atoms with van der Waals surface area (Å²) in [4.78, 5) is 13.2. The lowest BCUT2D eigenvalue weighted by Crippen LogP contribution is -2.61. The number of carbonyl (C=O) groups is 1. The maximum Gasteiger partial charge on any atom is 0.397 e. The molecule has 6 N–H and O–H groups in total. The van der Waals surface area contributed by atoms with E-state index >= 15 is 0 Å². The van der Waals surface area contributed by atoms with Crippen LogP contribution in [-0.2, 0) is 28.9 Å². The normalized spacial score (nSPS) is 18.7. The van der Waals surface area contributed by atoms with Gasteiger partial charge in [0.1, 0.15) is 24.4 Å². The van der Waals surface area contributed by atoms with Gasteiger partial charge in [-0.1, -0.05) is 315 Å². The van der Waals surface area contributed by atoms with Crippen molar-refractivity contribution >= 4 is 16.3 Å². The smallest absolute Gasteiger partial charge is 0.394 e. The van der Waals surface area contributed by atoms with Crippen molar-refractivity contribution in [3.63, 3.8) is 0 Å². The molecule has 0 radical (unpaired) electrons. The highest BCUT2D eigenvalue weighted by molar-refractivity contribution is 7.80. The third kappa shape index (κ3) is 47.8. The van der Waals surface area contributed by atoms with Crippen LogP contribution in [0, 0.1) is 0 Å². The molecule has 1 saturated heterocycles. The summed E-state index contributed by atoms with van der Waals surface area (Å²) in [7, 11) is -5.08. The molecule has 1 heterocycles. The molecule has 0 spiro atoms. The molecule has 1 fully saturated rings. The van der Waals surface area contributed by atoms with Crippen molar-refractivity contribution in [1.82, 2.24) is 5.32 Å². The van der Waals surface area contributed by atoms with Crippen LogP contribution in [0.15, 0.2) is 12.2 Å². The van der Waals surface area contributed by atoms with Gasteiger partial charge in [0.15, 0.2) is 6.29 Å². The number of hydrogen-bond acceptors (Lipinski definition) is 10. The van der Waals surface area contributed by atoms with E-state index in [1.165, 1.54) is 270 Å². The molecule has 0 aliphatic carbocycles. The summed E-state index contributed by atoms with van der Waals surface area (Å²) in [6.45, 7) is 3.52. The first-order valence-electron chi connectivity index (χ1n) is 34.1. The maximum atomic E-state index is 13.2. The van der Waals surface area contributed by atoms with Crippen molar-refractivity contribution in [2.24, 2.45) is 0 Å². The zero-order chi connectivity index (χ0) is 57.5. The zero-order valence-corrected chi connectivity index (χ0v) is 52.3. The van der Waals surface area contributed by atoms with Crippen molar-refractivity contribution in [3.8, 4) is 0 Å². The Labute approximate surface area is 487 Å². The van der Waals surface area contributed by atoms with Gasteiger partial charge in [0.25, 0.3) is 0 Å². The molecule has 7 unspecified atom stereocenters. The highest BCUT2D eigenvalue weighted by Crippen LogP contribution is 2.27. The molecule has 13 heteroatoms. The SMILES string of the molecule is CCCCCCCCCCCCCC/C=C\CCCCCCCCCCCCCCCCCCCC(=O)NC(COC1OC(CO)C(O)C(OS(=O)(=O)O)C1O)C(O)CCCCCCCCCCCCCCCCCCCCC. The zero-order valence-electron chi connectivity index (χ0n) is 51.5. The molecule has 0 aromatic rings. The molecule has 1 rings (SSSR count). The number of aliphatic hydroxyl groups is 4. The molecule has 1 aliphatic rings. The number of hydrogen-bond donors (Lipinski definition) is 6. The van der Waals surface area contributed by atoms with Gasteiger partial charge in [-0.15, -0.1) is 0 Å². The van der Waals surface area contributed by atoms with Crippen LogP contribution in [0.1, 0.15) is 348 Å². The molecular formula is C66H129NO11S. The van der Waals surface area contributed by atoms with Gasteiger partial charge >= 0.3 is 10.4 Å².